The van der Waals surface area contributed by atoms with Crippen LogP contribution in [0.2, 0.25) is 0 Å². The molecule has 0 saturated carbocycles. The third-order valence-electron chi connectivity index (χ3n) is 2.14. The molecule has 0 amide bonds. The number of halogens is 2. The van der Waals surface area contributed by atoms with Gasteiger partial charge in [-0.3, -0.25) is 4.79 Å². The second kappa shape index (κ2) is 6.49. The van der Waals surface area contributed by atoms with Crippen LogP contribution in [0.25, 0.3) is 0 Å². The highest BCUT2D eigenvalue weighted by Gasteiger charge is 2.21. The molecule has 0 aliphatic rings. The zero-order valence-corrected chi connectivity index (χ0v) is 13.2. The number of carbonyl (C=O) groups excluding carboxylic acids is 2. The predicted octanol–water partition coefficient (Wildman–Crippen LogP) is 3.49. The van der Waals surface area contributed by atoms with E-state index in [0.29, 0.717) is 17.7 Å². The van der Waals surface area contributed by atoms with Crippen LogP contribution in [0.5, 0.6) is 0 Å². The average Bonchev–Trinajstić information content (AvgIpc) is 2.28. The number of esters is 1. The maximum absolute atomic E-state index is 11.8. The van der Waals surface area contributed by atoms with Gasteiger partial charge in [-0.15, -0.1) is 0 Å². The molecule has 1 unspecified atom stereocenters. The van der Waals surface area contributed by atoms with E-state index >= 15 is 0 Å². The van der Waals surface area contributed by atoms with Gasteiger partial charge in [-0.2, -0.15) is 0 Å². The quantitative estimate of drug-likeness (QED) is 0.433. The summed E-state index contributed by atoms with van der Waals surface area (Å²) in [4.78, 5) is 22.7. The van der Waals surface area contributed by atoms with Crippen LogP contribution in [0.15, 0.2) is 18.2 Å². The van der Waals surface area contributed by atoms with Gasteiger partial charge in [-0.25, -0.2) is 4.79 Å². The minimum atomic E-state index is -0.473. The fraction of sp³-hybridized carbons (Fsp3) is 0.333. The number of hydrogen-bond donors (Lipinski definition) is 0. The van der Waals surface area contributed by atoms with Crippen LogP contribution < -0.4 is 0 Å². The smallest absolute Gasteiger partial charge is 0.338 e. The molecule has 0 aliphatic heterocycles. The van der Waals surface area contributed by atoms with E-state index in [1.807, 2.05) is 6.07 Å². The van der Waals surface area contributed by atoms with Crippen molar-refractivity contribution in [3.05, 3.63) is 32.9 Å². The zero-order valence-electron chi connectivity index (χ0n) is 9.50. The fourth-order valence-electron chi connectivity index (χ4n) is 1.35. The molecule has 3 nitrogen and oxygen atoms in total. The maximum Gasteiger partial charge on any atom is 0.338 e. The highest BCUT2D eigenvalue weighted by atomic mass is 127. The summed E-state index contributed by atoms with van der Waals surface area (Å²) in [5, 5.41) is 0. The third kappa shape index (κ3) is 3.77. The summed E-state index contributed by atoms with van der Waals surface area (Å²) in [5.41, 5.74) is 1.09. The fourth-order valence-corrected chi connectivity index (χ4v) is 2.24. The minimum Gasteiger partial charge on any atom is -0.462 e. The van der Waals surface area contributed by atoms with Gasteiger partial charge in [0, 0.05) is 3.57 Å². The summed E-state index contributed by atoms with van der Waals surface area (Å²) in [5.74, 6) is -0.441. The molecule has 1 aromatic carbocycles. The van der Waals surface area contributed by atoms with E-state index in [1.54, 1.807) is 19.1 Å². The lowest BCUT2D eigenvalue weighted by Crippen LogP contribution is -2.12. The highest BCUT2D eigenvalue weighted by molar-refractivity contribution is 14.1. The number of hydrogen-bond acceptors (Lipinski definition) is 3. The van der Waals surface area contributed by atoms with Gasteiger partial charge in [0.1, 0.15) is 5.78 Å². The molecule has 0 bridgehead atoms. The molecule has 92 valence electrons. The molecule has 1 atom stereocenters. The van der Waals surface area contributed by atoms with Crippen molar-refractivity contribution in [3.63, 3.8) is 0 Å². The van der Waals surface area contributed by atoms with Crippen LogP contribution in [0.3, 0.4) is 0 Å². The molecule has 5 heteroatoms. The Morgan fingerprint density at radius 3 is 2.65 bits per heavy atom. The minimum absolute atomic E-state index is 0.0447. The van der Waals surface area contributed by atoms with Crippen LogP contribution in [-0.4, -0.2) is 18.4 Å². The SMILES string of the molecule is CCOC(=O)c1cc(I)ccc1C(Br)C(C)=O. The largest absolute Gasteiger partial charge is 0.462 e. The monoisotopic (exact) mass is 410 g/mol. The molecular weight excluding hydrogens is 399 g/mol. The van der Waals surface area contributed by atoms with Crippen molar-refractivity contribution < 1.29 is 14.3 Å². The Hall–Kier alpha value is -0.430. The van der Waals surface area contributed by atoms with Gasteiger partial charge in [0.25, 0.3) is 0 Å². The molecule has 0 saturated heterocycles. The maximum atomic E-state index is 11.8. The Morgan fingerprint density at radius 1 is 1.47 bits per heavy atom. The Kier molecular flexibility index (Phi) is 5.58. The molecule has 0 heterocycles. The standard InChI is InChI=1S/C12H12BrIO3/c1-3-17-12(16)10-6-8(14)4-5-9(10)11(13)7(2)15/h4-6,11H,3H2,1-2H3. The molecule has 0 fully saturated rings. The molecule has 0 N–H and O–H groups in total. The molecular formula is C12H12BrIO3. The molecule has 17 heavy (non-hydrogen) atoms. The summed E-state index contributed by atoms with van der Waals surface area (Å²) in [7, 11) is 0. The summed E-state index contributed by atoms with van der Waals surface area (Å²) < 4.78 is 5.91. The summed E-state index contributed by atoms with van der Waals surface area (Å²) >= 11 is 5.40. The first kappa shape index (κ1) is 14.6. The number of ether oxygens (including phenoxy) is 1. The second-order valence-corrected chi connectivity index (χ2v) is 5.59. The van der Waals surface area contributed by atoms with Gasteiger partial charge in [-0.1, -0.05) is 22.0 Å². The number of Topliss-reactive ketones (excluding diaryl/α,β-unsaturated/α-hetero) is 1. The number of carbonyl (C=O) groups is 2. The molecule has 0 spiro atoms. The van der Waals surface area contributed by atoms with Gasteiger partial charge >= 0.3 is 5.97 Å². The first-order valence-corrected chi connectivity index (χ1v) is 7.08. The molecule has 1 aromatic rings. The van der Waals surface area contributed by atoms with E-state index < -0.39 is 10.8 Å². The van der Waals surface area contributed by atoms with Crippen molar-refractivity contribution in [1.29, 1.82) is 0 Å². The molecule has 1 rings (SSSR count). The van der Waals surface area contributed by atoms with Crippen molar-refractivity contribution in [3.8, 4) is 0 Å². The van der Waals surface area contributed by atoms with Crippen molar-refractivity contribution in [2.75, 3.05) is 6.61 Å². The van der Waals surface area contributed by atoms with Crippen molar-refractivity contribution >= 4 is 50.3 Å². The summed E-state index contributed by atoms with van der Waals surface area (Å²) in [6, 6.07) is 5.36. The van der Waals surface area contributed by atoms with Gasteiger partial charge < -0.3 is 4.74 Å². The van der Waals surface area contributed by atoms with Crippen LogP contribution in [0.1, 0.15) is 34.6 Å². The van der Waals surface area contributed by atoms with Crippen LogP contribution in [0, 0.1) is 3.57 Å². The Bertz CT molecular complexity index is 445. The van der Waals surface area contributed by atoms with Crippen LogP contribution in [-0.2, 0) is 9.53 Å². The normalized spacial score (nSPS) is 12.0. The Labute approximate surface area is 122 Å². The number of ketones is 1. The van der Waals surface area contributed by atoms with E-state index in [0.717, 1.165) is 3.57 Å². The average molecular weight is 411 g/mol. The highest BCUT2D eigenvalue weighted by Crippen LogP contribution is 2.28. The first-order valence-electron chi connectivity index (χ1n) is 5.08. The van der Waals surface area contributed by atoms with Crippen molar-refractivity contribution in [1.82, 2.24) is 0 Å². The van der Waals surface area contributed by atoms with E-state index in [9.17, 15) is 9.59 Å². The first-order chi connectivity index (χ1) is 7.97. The second-order valence-electron chi connectivity index (χ2n) is 3.43. The zero-order chi connectivity index (χ0) is 13.0. The van der Waals surface area contributed by atoms with Gasteiger partial charge in [0.2, 0.25) is 0 Å². The Morgan fingerprint density at radius 2 is 2.12 bits per heavy atom. The van der Waals surface area contributed by atoms with E-state index in [4.69, 9.17) is 4.74 Å². The van der Waals surface area contributed by atoms with Gasteiger partial charge in [0.15, 0.2) is 0 Å². The van der Waals surface area contributed by atoms with E-state index in [1.165, 1.54) is 6.92 Å². The van der Waals surface area contributed by atoms with E-state index in [-0.39, 0.29) is 5.78 Å². The van der Waals surface area contributed by atoms with Gasteiger partial charge in [-0.05, 0) is 54.1 Å². The number of alkyl halides is 1. The van der Waals surface area contributed by atoms with Crippen LogP contribution >= 0.6 is 38.5 Å². The molecule has 0 aliphatic carbocycles. The lowest BCUT2D eigenvalue weighted by atomic mass is 10.0. The lowest BCUT2D eigenvalue weighted by Gasteiger charge is -2.12. The Balaban J connectivity index is 3.21. The van der Waals surface area contributed by atoms with Gasteiger partial charge in [0.05, 0.1) is 17.0 Å². The number of rotatable bonds is 4. The van der Waals surface area contributed by atoms with Crippen molar-refractivity contribution in [2.24, 2.45) is 0 Å². The lowest BCUT2D eigenvalue weighted by molar-refractivity contribution is -0.116. The summed E-state index contributed by atoms with van der Waals surface area (Å²) in [6.07, 6.45) is 0. The number of benzene rings is 1. The topological polar surface area (TPSA) is 43.4 Å². The third-order valence-corrected chi connectivity index (χ3v) is 3.95. The van der Waals surface area contributed by atoms with Crippen molar-refractivity contribution in [2.45, 2.75) is 18.7 Å². The van der Waals surface area contributed by atoms with Crippen LogP contribution in [0.4, 0.5) is 0 Å². The predicted molar refractivity (Wildman–Crippen MR) is 77.5 cm³/mol. The molecule has 0 aromatic heterocycles. The van der Waals surface area contributed by atoms with E-state index in [2.05, 4.69) is 38.5 Å². The summed E-state index contributed by atoms with van der Waals surface area (Å²) in [6.45, 7) is 3.55. The molecule has 0 radical (unpaired) electrons.